The molecule has 0 radical (unpaired) electrons. The highest BCUT2D eigenvalue weighted by Gasteiger charge is 2.17. The van der Waals surface area contributed by atoms with Crippen LogP contribution < -0.4 is 11.3 Å². The first-order chi connectivity index (χ1) is 8.11. The van der Waals surface area contributed by atoms with Gasteiger partial charge in [0, 0.05) is 17.8 Å². The summed E-state index contributed by atoms with van der Waals surface area (Å²) in [5.74, 6) is 5.70. The van der Waals surface area contributed by atoms with Gasteiger partial charge in [-0.3, -0.25) is 5.84 Å². The predicted molar refractivity (Wildman–Crippen MR) is 85.1 cm³/mol. The molecule has 1 atom stereocenters. The van der Waals surface area contributed by atoms with Crippen LogP contribution in [-0.4, -0.2) is 0 Å². The van der Waals surface area contributed by atoms with Gasteiger partial charge in [0.15, 0.2) is 0 Å². The van der Waals surface area contributed by atoms with E-state index in [0.29, 0.717) is 0 Å². The second-order valence-electron chi connectivity index (χ2n) is 3.71. The molecular weight excluding hydrogens is 411 g/mol. The number of hydrogen-bond donors (Lipinski definition) is 2. The van der Waals surface area contributed by atoms with Gasteiger partial charge in [-0.05, 0) is 65.4 Å². The third-order valence-corrected chi connectivity index (χ3v) is 5.02. The largest absolute Gasteiger partial charge is 0.271 e. The summed E-state index contributed by atoms with van der Waals surface area (Å²) < 4.78 is 2.28. The van der Waals surface area contributed by atoms with Crippen molar-refractivity contribution in [2.45, 2.75) is 13.0 Å². The molecule has 0 aliphatic carbocycles. The van der Waals surface area contributed by atoms with Crippen LogP contribution in [0.25, 0.3) is 0 Å². The quantitative estimate of drug-likeness (QED) is 0.446. The molecule has 1 aromatic heterocycles. The summed E-state index contributed by atoms with van der Waals surface area (Å²) in [6.07, 6.45) is 0. The fourth-order valence-corrected chi connectivity index (χ4v) is 3.65. The van der Waals surface area contributed by atoms with Crippen LogP contribution in [0.1, 0.15) is 21.4 Å². The first-order valence-corrected chi connectivity index (χ1v) is 7.78. The van der Waals surface area contributed by atoms with Crippen molar-refractivity contribution in [3.05, 3.63) is 53.7 Å². The molecule has 1 unspecified atom stereocenters. The van der Waals surface area contributed by atoms with Crippen LogP contribution in [-0.2, 0) is 0 Å². The lowest BCUT2D eigenvalue weighted by Crippen LogP contribution is -2.28. The molecule has 2 rings (SSSR count). The second kappa shape index (κ2) is 5.79. The fourth-order valence-electron chi connectivity index (χ4n) is 1.67. The SMILES string of the molecule is Cc1ccc(C(NN)c2cc(Br)ccc2I)s1. The fraction of sp³-hybridized carbons (Fsp3) is 0.167. The van der Waals surface area contributed by atoms with Crippen LogP contribution in [0.4, 0.5) is 0 Å². The normalized spacial score (nSPS) is 12.7. The van der Waals surface area contributed by atoms with Crippen molar-refractivity contribution in [2.24, 2.45) is 5.84 Å². The molecule has 0 bridgehead atoms. The molecule has 0 fully saturated rings. The van der Waals surface area contributed by atoms with Gasteiger partial charge in [0.25, 0.3) is 0 Å². The number of aryl methyl sites for hydroxylation is 1. The average Bonchev–Trinajstić information content (AvgIpc) is 2.71. The number of nitrogens with one attached hydrogen (secondary N) is 1. The molecule has 0 saturated heterocycles. The molecule has 1 heterocycles. The Morgan fingerprint density at radius 2 is 2.12 bits per heavy atom. The number of nitrogens with two attached hydrogens (primary N) is 1. The Balaban J connectivity index is 2.45. The molecule has 0 aliphatic rings. The molecule has 0 aliphatic heterocycles. The third kappa shape index (κ3) is 3.08. The Kier molecular flexibility index (Phi) is 4.59. The van der Waals surface area contributed by atoms with E-state index in [9.17, 15) is 0 Å². The number of hydrogen-bond acceptors (Lipinski definition) is 3. The smallest absolute Gasteiger partial charge is 0.0813 e. The van der Waals surface area contributed by atoms with E-state index in [-0.39, 0.29) is 6.04 Å². The number of halogens is 2. The van der Waals surface area contributed by atoms with Gasteiger partial charge in [-0.25, -0.2) is 5.43 Å². The zero-order chi connectivity index (χ0) is 12.4. The number of rotatable bonds is 3. The molecular formula is C12H12BrIN2S. The van der Waals surface area contributed by atoms with Crippen molar-refractivity contribution in [3.63, 3.8) is 0 Å². The summed E-state index contributed by atoms with van der Waals surface area (Å²) in [6.45, 7) is 2.10. The maximum absolute atomic E-state index is 5.70. The minimum atomic E-state index is 0.0538. The highest BCUT2D eigenvalue weighted by molar-refractivity contribution is 14.1. The molecule has 3 N–H and O–H groups in total. The minimum Gasteiger partial charge on any atom is -0.271 e. The van der Waals surface area contributed by atoms with Crippen LogP contribution in [0.15, 0.2) is 34.8 Å². The van der Waals surface area contributed by atoms with Crippen molar-refractivity contribution in [1.29, 1.82) is 0 Å². The number of benzene rings is 1. The average molecular weight is 423 g/mol. The third-order valence-electron chi connectivity index (χ3n) is 2.48. The standard InChI is InChI=1S/C12H12BrIN2S/c1-7-2-5-11(17-7)12(16-15)9-6-8(13)3-4-10(9)14/h2-6,12,16H,15H2,1H3. The first kappa shape index (κ1) is 13.5. The van der Waals surface area contributed by atoms with E-state index in [2.05, 4.69) is 75.1 Å². The van der Waals surface area contributed by atoms with Gasteiger partial charge in [0.05, 0.1) is 6.04 Å². The minimum absolute atomic E-state index is 0.0538. The lowest BCUT2D eigenvalue weighted by atomic mass is 10.1. The predicted octanol–water partition coefficient (Wildman–Crippen LogP) is 3.98. The van der Waals surface area contributed by atoms with E-state index >= 15 is 0 Å². The first-order valence-electron chi connectivity index (χ1n) is 5.09. The van der Waals surface area contributed by atoms with Crippen molar-refractivity contribution in [1.82, 2.24) is 5.43 Å². The van der Waals surface area contributed by atoms with Crippen molar-refractivity contribution in [2.75, 3.05) is 0 Å². The van der Waals surface area contributed by atoms with E-state index in [1.54, 1.807) is 11.3 Å². The van der Waals surface area contributed by atoms with E-state index in [1.165, 1.54) is 18.9 Å². The van der Waals surface area contributed by atoms with Gasteiger partial charge in [0.1, 0.15) is 0 Å². The zero-order valence-corrected chi connectivity index (χ0v) is 13.8. The van der Waals surface area contributed by atoms with Gasteiger partial charge in [-0.15, -0.1) is 11.3 Å². The summed E-state index contributed by atoms with van der Waals surface area (Å²) in [6, 6.07) is 10.5. The maximum Gasteiger partial charge on any atom is 0.0813 e. The molecule has 17 heavy (non-hydrogen) atoms. The van der Waals surface area contributed by atoms with E-state index < -0.39 is 0 Å². The van der Waals surface area contributed by atoms with Crippen LogP contribution in [0, 0.1) is 10.5 Å². The van der Waals surface area contributed by atoms with Crippen LogP contribution in [0.5, 0.6) is 0 Å². The van der Waals surface area contributed by atoms with Gasteiger partial charge in [-0.2, -0.15) is 0 Å². The van der Waals surface area contributed by atoms with E-state index in [1.807, 2.05) is 6.07 Å². The Labute approximate surface area is 127 Å². The van der Waals surface area contributed by atoms with Gasteiger partial charge in [-0.1, -0.05) is 15.9 Å². The van der Waals surface area contributed by atoms with Gasteiger partial charge < -0.3 is 0 Å². The summed E-state index contributed by atoms with van der Waals surface area (Å²) in [7, 11) is 0. The molecule has 0 saturated carbocycles. The van der Waals surface area contributed by atoms with Gasteiger partial charge in [0.2, 0.25) is 0 Å². The van der Waals surface area contributed by atoms with Crippen molar-refractivity contribution in [3.8, 4) is 0 Å². The lowest BCUT2D eigenvalue weighted by Gasteiger charge is -2.16. The van der Waals surface area contributed by atoms with Crippen molar-refractivity contribution >= 4 is 49.9 Å². The second-order valence-corrected chi connectivity index (χ2v) is 7.11. The number of thiophene rings is 1. The molecule has 0 amide bonds. The Hall–Kier alpha value is 0.0500. The molecule has 2 aromatic rings. The van der Waals surface area contributed by atoms with Crippen LogP contribution in [0.3, 0.4) is 0 Å². The molecule has 5 heteroatoms. The van der Waals surface area contributed by atoms with Crippen molar-refractivity contribution < 1.29 is 0 Å². The molecule has 90 valence electrons. The number of hydrazine groups is 1. The highest BCUT2D eigenvalue weighted by Crippen LogP contribution is 2.31. The molecule has 2 nitrogen and oxygen atoms in total. The zero-order valence-electron chi connectivity index (χ0n) is 9.21. The van der Waals surface area contributed by atoms with E-state index in [0.717, 1.165) is 4.47 Å². The monoisotopic (exact) mass is 422 g/mol. The Bertz CT molecular complexity index is 527. The maximum atomic E-state index is 5.70. The van der Waals surface area contributed by atoms with Crippen LogP contribution >= 0.6 is 49.9 Å². The van der Waals surface area contributed by atoms with E-state index in [4.69, 9.17) is 5.84 Å². The summed E-state index contributed by atoms with van der Waals surface area (Å²) in [5.41, 5.74) is 4.10. The summed E-state index contributed by atoms with van der Waals surface area (Å²) >= 11 is 7.61. The lowest BCUT2D eigenvalue weighted by molar-refractivity contribution is 0.643. The molecule has 1 aromatic carbocycles. The molecule has 0 spiro atoms. The highest BCUT2D eigenvalue weighted by atomic mass is 127. The summed E-state index contributed by atoms with van der Waals surface area (Å²) in [4.78, 5) is 2.53. The Morgan fingerprint density at radius 1 is 1.35 bits per heavy atom. The summed E-state index contributed by atoms with van der Waals surface area (Å²) in [5, 5.41) is 0. The van der Waals surface area contributed by atoms with Gasteiger partial charge >= 0.3 is 0 Å². The Morgan fingerprint density at radius 3 is 2.71 bits per heavy atom. The topological polar surface area (TPSA) is 38.0 Å². The van der Waals surface area contributed by atoms with Crippen LogP contribution in [0.2, 0.25) is 0 Å².